The molecule has 1 rings (SSSR count). The topological polar surface area (TPSA) is 55.5 Å². The van der Waals surface area contributed by atoms with Gasteiger partial charge in [-0.15, -0.1) is 11.8 Å². The van der Waals surface area contributed by atoms with Gasteiger partial charge in [0.25, 0.3) is 0 Å². The van der Waals surface area contributed by atoms with Crippen LogP contribution < -0.4 is 10.5 Å². The highest BCUT2D eigenvalue weighted by Gasteiger charge is 2.10. The Balaban J connectivity index is 2.45. The Kier molecular flexibility index (Phi) is 5.82. The lowest BCUT2D eigenvalue weighted by Gasteiger charge is -2.15. The van der Waals surface area contributed by atoms with Crippen LogP contribution in [-0.2, 0) is 0 Å². The van der Waals surface area contributed by atoms with Gasteiger partial charge in [0.05, 0.1) is 0 Å². The molecule has 0 saturated heterocycles. The van der Waals surface area contributed by atoms with Gasteiger partial charge in [-0.05, 0) is 31.2 Å². The standard InChI is InChI=1S/C13H21NO2S/c1-9(2)17-12-6-4-11(5-7-12)16-8-13(15)10(3)14/h4-7,9-10,13,15H,8,14H2,1-3H3. The first-order chi connectivity index (χ1) is 7.99. The molecule has 96 valence electrons. The molecule has 0 spiro atoms. The number of hydrogen-bond donors (Lipinski definition) is 2. The Morgan fingerprint density at radius 2 is 1.82 bits per heavy atom. The van der Waals surface area contributed by atoms with Gasteiger partial charge in [0.2, 0.25) is 0 Å². The number of aliphatic hydroxyl groups is 1. The molecule has 1 aromatic carbocycles. The molecule has 0 saturated carbocycles. The average Bonchev–Trinajstić information content (AvgIpc) is 2.26. The van der Waals surface area contributed by atoms with Crippen molar-refractivity contribution in [3.63, 3.8) is 0 Å². The van der Waals surface area contributed by atoms with E-state index < -0.39 is 6.10 Å². The number of ether oxygens (including phenoxy) is 1. The Labute approximate surface area is 107 Å². The summed E-state index contributed by atoms with van der Waals surface area (Å²) in [5.41, 5.74) is 5.55. The Hall–Kier alpha value is -0.710. The second-order valence-corrected chi connectivity index (χ2v) is 6.03. The molecule has 0 aromatic heterocycles. The maximum atomic E-state index is 9.51. The number of aliphatic hydroxyl groups excluding tert-OH is 1. The van der Waals surface area contributed by atoms with Crippen LogP contribution in [0.2, 0.25) is 0 Å². The SMILES string of the molecule is CC(C)Sc1ccc(OCC(O)C(C)N)cc1. The molecule has 4 heteroatoms. The fourth-order valence-electron chi connectivity index (χ4n) is 1.22. The van der Waals surface area contributed by atoms with Crippen LogP contribution in [0.15, 0.2) is 29.2 Å². The number of rotatable bonds is 6. The molecule has 0 radical (unpaired) electrons. The van der Waals surface area contributed by atoms with E-state index in [1.165, 1.54) is 4.90 Å². The molecule has 0 aliphatic rings. The summed E-state index contributed by atoms with van der Waals surface area (Å²) in [6, 6.07) is 7.61. The molecule has 0 amide bonds. The summed E-state index contributed by atoms with van der Waals surface area (Å²) in [5.74, 6) is 0.762. The van der Waals surface area contributed by atoms with E-state index in [0.29, 0.717) is 5.25 Å². The zero-order valence-electron chi connectivity index (χ0n) is 10.6. The minimum atomic E-state index is -0.625. The van der Waals surface area contributed by atoms with E-state index in [1.807, 2.05) is 36.0 Å². The summed E-state index contributed by atoms with van der Waals surface area (Å²) >= 11 is 1.81. The predicted octanol–water partition coefficient (Wildman–Crippen LogP) is 2.27. The molecule has 0 bridgehead atoms. The van der Waals surface area contributed by atoms with E-state index in [1.54, 1.807) is 6.92 Å². The minimum absolute atomic E-state index is 0.230. The van der Waals surface area contributed by atoms with Crippen LogP contribution >= 0.6 is 11.8 Å². The molecular weight excluding hydrogens is 234 g/mol. The highest BCUT2D eigenvalue weighted by atomic mass is 32.2. The fraction of sp³-hybridized carbons (Fsp3) is 0.538. The first-order valence-corrected chi connectivity index (χ1v) is 6.70. The monoisotopic (exact) mass is 255 g/mol. The zero-order valence-corrected chi connectivity index (χ0v) is 11.4. The van der Waals surface area contributed by atoms with Crippen LogP contribution in [0.1, 0.15) is 20.8 Å². The Morgan fingerprint density at radius 1 is 1.24 bits per heavy atom. The lowest BCUT2D eigenvalue weighted by atomic mass is 10.2. The molecule has 17 heavy (non-hydrogen) atoms. The smallest absolute Gasteiger partial charge is 0.119 e. The van der Waals surface area contributed by atoms with Crippen molar-refractivity contribution in [2.75, 3.05) is 6.61 Å². The number of hydrogen-bond acceptors (Lipinski definition) is 4. The van der Waals surface area contributed by atoms with Crippen LogP contribution in [-0.4, -0.2) is 29.1 Å². The largest absolute Gasteiger partial charge is 0.491 e. The molecular formula is C13H21NO2S. The first-order valence-electron chi connectivity index (χ1n) is 5.82. The number of benzene rings is 1. The highest BCUT2D eigenvalue weighted by Crippen LogP contribution is 2.24. The van der Waals surface area contributed by atoms with Crippen molar-refractivity contribution in [2.24, 2.45) is 5.73 Å². The predicted molar refractivity (Wildman–Crippen MR) is 72.6 cm³/mol. The number of thioether (sulfide) groups is 1. The van der Waals surface area contributed by atoms with Crippen molar-refractivity contribution in [3.8, 4) is 5.75 Å². The molecule has 3 nitrogen and oxygen atoms in total. The molecule has 0 aliphatic heterocycles. The van der Waals surface area contributed by atoms with Crippen LogP contribution in [0.4, 0.5) is 0 Å². The Bertz CT molecular complexity index is 325. The highest BCUT2D eigenvalue weighted by molar-refractivity contribution is 7.99. The van der Waals surface area contributed by atoms with Crippen molar-refractivity contribution in [3.05, 3.63) is 24.3 Å². The second-order valence-electron chi connectivity index (χ2n) is 4.38. The van der Waals surface area contributed by atoms with Crippen LogP contribution in [0.25, 0.3) is 0 Å². The lowest BCUT2D eigenvalue weighted by Crippen LogP contribution is -2.36. The van der Waals surface area contributed by atoms with Gasteiger partial charge in [-0.3, -0.25) is 0 Å². The van der Waals surface area contributed by atoms with E-state index in [0.717, 1.165) is 5.75 Å². The van der Waals surface area contributed by atoms with Crippen molar-refractivity contribution >= 4 is 11.8 Å². The van der Waals surface area contributed by atoms with E-state index >= 15 is 0 Å². The van der Waals surface area contributed by atoms with Gasteiger partial charge in [0.1, 0.15) is 18.5 Å². The second kappa shape index (κ2) is 6.89. The van der Waals surface area contributed by atoms with Gasteiger partial charge in [-0.25, -0.2) is 0 Å². The van der Waals surface area contributed by atoms with Crippen molar-refractivity contribution in [2.45, 2.75) is 43.1 Å². The van der Waals surface area contributed by atoms with Crippen molar-refractivity contribution in [1.29, 1.82) is 0 Å². The molecule has 2 unspecified atom stereocenters. The number of nitrogens with two attached hydrogens (primary N) is 1. The van der Waals surface area contributed by atoms with E-state index in [9.17, 15) is 5.11 Å². The van der Waals surface area contributed by atoms with Gasteiger partial charge in [-0.1, -0.05) is 13.8 Å². The van der Waals surface area contributed by atoms with Gasteiger partial charge >= 0.3 is 0 Å². The average molecular weight is 255 g/mol. The normalized spacial score (nSPS) is 14.7. The van der Waals surface area contributed by atoms with E-state index in [-0.39, 0.29) is 12.6 Å². The first kappa shape index (κ1) is 14.4. The molecule has 0 aliphatic carbocycles. The zero-order chi connectivity index (χ0) is 12.8. The third kappa shape index (κ3) is 5.44. The minimum Gasteiger partial charge on any atom is -0.491 e. The van der Waals surface area contributed by atoms with E-state index in [2.05, 4.69) is 13.8 Å². The van der Waals surface area contributed by atoms with Crippen molar-refractivity contribution in [1.82, 2.24) is 0 Å². The molecule has 2 atom stereocenters. The van der Waals surface area contributed by atoms with E-state index in [4.69, 9.17) is 10.5 Å². The molecule has 1 aromatic rings. The maximum absolute atomic E-state index is 9.51. The summed E-state index contributed by atoms with van der Waals surface area (Å²) < 4.78 is 5.45. The Morgan fingerprint density at radius 3 is 2.29 bits per heavy atom. The van der Waals surface area contributed by atoms with Gasteiger partial charge in [0, 0.05) is 16.2 Å². The van der Waals surface area contributed by atoms with Gasteiger partial charge in [-0.2, -0.15) is 0 Å². The summed E-state index contributed by atoms with van der Waals surface area (Å²) in [7, 11) is 0. The molecule has 0 fully saturated rings. The third-order valence-corrected chi connectivity index (χ3v) is 3.24. The third-order valence-electron chi connectivity index (χ3n) is 2.22. The lowest BCUT2D eigenvalue weighted by molar-refractivity contribution is 0.0900. The fourth-order valence-corrected chi connectivity index (χ4v) is 2.06. The summed E-state index contributed by atoms with van der Waals surface area (Å²) in [6.07, 6.45) is -0.625. The van der Waals surface area contributed by atoms with Gasteiger partial charge in [0.15, 0.2) is 0 Å². The van der Waals surface area contributed by atoms with Gasteiger partial charge < -0.3 is 15.6 Å². The molecule has 0 heterocycles. The quantitative estimate of drug-likeness (QED) is 0.766. The van der Waals surface area contributed by atoms with Crippen LogP contribution in [0, 0.1) is 0 Å². The summed E-state index contributed by atoms with van der Waals surface area (Å²) in [5, 5.41) is 10.1. The van der Waals surface area contributed by atoms with Crippen LogP contribution in [0.3, 0.4) is 0 Å². The maximum Gasteiger partial charge on any atom is 0.119 e. The van der Waals surface area contributed by atoms with Crippen molar-refractivity contribution < 1.29 is 9.84 Å². The van der Waals surface area contributed by atoms with Crippen LogP contribution in [0.5, 0.6) is 5.75 Å². The molecule has 3 N–H and O–H groups in total. The summed E-state index contributed by atoms with van der Waals surface area (Å²) in [4.78, 5) is 1.22. The summed E-state index contributed by atoms with van der Waals surface area (Å²) in [6.45, 7) is 6.31.